The molecular weight excluding hydrogens is 210 g/mol. The largest absolute Gasteiger partial charge is 0.366 e. The summed E-state index contributed by atoms with van der Waals surface area (Å²) >= 11 is 0. The third kappa shape index (κ3) is 3.57. The molecular formula is C14H17N3. The zero-order chi connectivity index (χ0) is 11.9. The quantitative estimate of drug-likeness (QED) is 0.823. The van der Waals surface area contributed by atoms with Crippen LogP contribution in [0, 0.1) is 0 Å². The number of aromatic nitrogens is 1. The minimum Gasteiger partial charge on any atom is -0.366 e. The van der Waals surface area contributed by atoms with Crippen molar-refractivity contribution >= 4 is 5.82 Å². The van der Waals surface area contributed by atoms with E-state index in [0.717, 1.165) is 18.8 Å². The predicted octanol–water partition coefficient (Wildman–Crippen LogP) is 2.19. The van der Waals surface area contributed by atoms with Crippen molar-refractivity contribution in [1.82, 2.24) is 4.98 Å². The molecule has 3 N–H and O–H groups in total. The molecule has 1 aromatic heterocycles. The van der Waals surface area contributed by atoms with Gasteiger partial charge in [0.05, 0.1) is 0 Å². The molecule has 0 saturated carbocycles. The second kappa shape index (κ2) is 6.01. The minimum absolute atomic E-state index is 0.700. The van der Waals surface area contributed by atoms with Crippen LogP contribution in [0.25, 0.3) is 0 Å². The van der Waals surface area contributed by atoms with Crippen LogP contribution >= 0.6 is 0 Å². The van der Waals surface area contributed by atoms with Crippen molar-refractivity contribution in [3.05, 3.63) is 59.8 Å². The minimum atomic E-state index is 0.700. The second-order valence-corrected chi connectivity index (χ2v) is 3.92. The van der Waals surface area contributed by atoms with Gasteiger partial charge in [0.15, 0.2) is 0 Å². The van der Waals surface area contributed by atoms with Gasteiger partial charge in [-0.25, -0.2) is 4.98 Å². The average molecular weight is 227 g/mol. The van der Waals surface area contributed by atoms with Crippen molar-refractivity contribution in [2.75, 3.05) is 11.9 Å². The summed E-state index contributed by atoms with van der Waals surface area (Å²) in [6, 6.07) is 14.3. The number of nitrogens with two attached hydrogens (primary N) is 1. The van der Waals surface area contributed by atoms with E-state index in [1.54, 1.807) is 6.20 Å². The molecule has 3 heteroatoms. The van der Waals surface area contributed by atoms with E-state index in [1.807, 2.05) is 18.2 Å². The Labute approximate surface area is 102 Å². The Morgan fingerprint density at radius 2 is 1.76 bits per heavy atom. The van der Waals surface area contributed by atoms with E-state index in [0.29, 0.717) is 6.54 Å². The number of benzene rings is 1. The summed E-state index contributed by atoms with van der Waals surface area (Å²) < 4.78 is 0. The van der Waals surface area contributed by atoms with Gasteiger partial charge in [0.25, 0.3) is 0 Å². The number of anilines is 1. The molecule has 0 fully saturated rings. The molecule has 0 saturated heterocycles. The van der Waals surface area contributed by atoms with Crippen LogP contribution < -0.4 is 11.1 Å². The van der Waals surface area contributed by atoms with Crippen molar-refractivity contribution < 1.29 is 0 Å². The molecule has 0 amide bonds. The molecule has 2 aromatic rings. The lowest BCUT2D eigenvalue weighted by Crippen LogP contribution is -2.03. The van der Waals surface area contributed by atoms with Crippen LogP contribution in [0.2, 0.25) is 0 Å². The van der Waals surface area contributed by atoms with Crippen LogP contribution in [0.1, 0.15) is 11.1 Å². The number of pyridine rings is 1. The highest BCUT2D eigenvalue weighted by atomic mass is 15.0. The van der Waals surface area contributed by atoms with Crippen molar-refractivity contribution in [2.45, 2.75) is 13.0 Å². The van der Waals surface area contributed by atoms with Gasteiger partial charge in [-0.05, 0) is 36.2 Å². The van der Waals surface area contributed by atoms with Gasteiger partial charge in [0, 0.05) is 12.7 Å². The third-order valence-electron chi connectivity index (χ3n) is 2.59. The Balaban J connectivity index is 1.91. The maximum absolute atomic E-state index is 5.51. The molecule has 0 atom stereocenters. The highest BCUT2D eigenvalue weighted by Crippen LogP contribution is 2.07. The molecule has 0 bridgehead atoms. The maximum atomic E-state index is 5.51. The van der Waals surface area contributed by atoms with E-state index < -0.39 is 0 Å². The first-order chi connectivity index (χ1) is 8.38. The lowest BCUT2D eigenvalue weighted by Gasteiger charge is -2.06. The van der Waals surface area contributed by atoms with Crippen LogP contribution in [-0.2, 0) is 13.0 Å². The summed E-state index contributed by atoms with van der Waals surface area (Å²) in [5.74, 6) is 0.901. The zero-order valence-electron chi connectivity index (χ0n) is 9.76. The Morgan fingerprint density at radius 3 is 2.41 bits per heavy atom. The summed E-state index contributed by atoms with van der Waals surface area (Å²) in [6.07, 6.45) is 2.72. The summed E-state index contributed by atoms with van der Waals surface area (Å²) in [7, 11) is 0. The standard InChI is InChI=1S/C14H17N3/c15-9-8-12-4-6-13(7-5-12)11-17-14-3-1-2-10-16-14/h1-7,10H,8-9,11,15H2,(H,16,17). The SMILES string of the molecule is NCCc1ccc(CNc2ccccn2)cc1. The zero-order valence-corrected chi connectivity index (χ0v) is 9.76. The Morgan fingerprint density at radius 1 is 1.00 bits per heavy atom. The first kappa shape index (κ1) is 11.6. The molecule has 2 rings (SSSR count). The fourth-order valence-electron chi connectivity index (χ4n) is 1.65. The lowest BCUT2D eigenvalue weighted by atomic mass is 10.1. The van der Waals surface area contributed by atoms with Crippen molar-refractivity contribution in [1.29, 1.82) is 0 Å². The molecule has 0 aliphatic carbocycles. The molecule has 3 nitrogen and oxygen atoms in total. The third-order valence-corrected chi connectivity index (χ3v) is 2.59. The van der Waals surface area contributed by atoms with Crippen LogP contribution in [-0.4, -0.2) is 11.5 Å². The van der Waals surface area contributed by atoms with Gasteiger partial charge in [-0.1, -0.05) is 30.3 Å². The van der Waals surface area contributed by atoms with Crippen LogP contribution in [0.5, 0.6) is 0 Å². The van der Waals surface area contributed by atoms with E-state index in [9.17, 15) is 0 Å². The first-order valence-corrected chi connectivity index (χ1v) is 5.81. The van der Waals surface area contributed by atoms with Crippen molar-refractivity contribution in [3.63, 3.8) is 0 Å². The molecule has 0 aliphatic heterocycles. The Hall–Kier alpha value is -1.87. The van der Waals surface area contributed by atoms with Crippen LogP contribution in [0.4, 0.5) is 5.82 Å². The van der Waals surface area contributed by atoms with Gasteiger partial charge in [0.1, 0.15) is 5.82 Å². The molecule has 0 radical (unpaired) electrons. The smallest absolute Gasteiger partial charge is 0.126 e. The van der Waals surface area contributed by atoms with Crippen molar-refractivity contribution in [3.8, 4) is 0 Å². The maximum Gasteiger partial charge on any atom is 0.126 e. The van der Waals surface area contributed by atoms with Crippen LogP contribution in [0.15, 0.2) is 48.7 Å². The number of hydrogen-bond donors (Lipinski definition) is 2. The average Bonchev–Trinajstić information content (AvgIpc) is 2.40. The molecule has 1 heterocycles. The predicted molar refractivity (Wildman–Crippen MR) is 70.8 cm³/mol. The van der Waals surface area contributed by atoms with Gasteiger partial charge in [-0.15, -0.1) is 0 Å². The normalized spacial score (nSPS) is 10.2. The van der Waals surface area contributed by atoms with Crippen LogP contribution in [0.3, 0.4) is 0 Å². The number of nitrogens with one attached hydrogen (secondary N) is 1. The van der Waals surface area contributed by atoms with Gasteiger partial charge >= 0.3 is 0 Å². The molecule has 0 unspecified atom stereocenters. The van der Waals surface area contributed by atoms with E-state index in [2.05, 4.69) is 34.6 Å². The molecule has 0 spiro atoms. The molecule has 88 valence electrons. The number of nitrogens with zero attached hydrogens (tertiary/aromatic N) is 1. The topological polar surface area (TPSA) is 50.9 Å². The van der Waals surface area contributed by atoms with Gasteiger partial charge in [-0.2, -0.15) is 0 Å². The monoisotopic (exact) mass is 227 g/mol. The summed E-state index contributed by atoms with van der Waals surface area (Å²) in [6.45, 7) is 1.49. The highest BCUT2D eigenvalue weighted by Gasteiger charge is 1.95. The summed E-state index contributed by atoms with van der Waals surface area (Å²) in [5.41, 5.74) is 8.05. The first-order valence-electron chi connectivity index (χ1n) is 5.81. The molecule has 17 heavy (non-hydrogen) atoms. The summed E-state index contributed by atoms with van der Waals surface area (Å²) in [5, 5.41) is 3.28. The molecule has 0 aliphatic rings. The van der Waals surface area contributed by atoms with E-state index >= 15 is 0 Å². The molecule has 1 aromatic carbocycles. The number of rotatable bonds is 5. The lowest BCUT2D eigenvalue weighted by molar-refractivity contribution is 0.966. The van der Waals surface area contributed by atoms with E-state index in [-0.39, 0.29) is 0 Å². The summed E-state index contributed by atoms with van der Waals surface area (Å²) in [4.78, 5) is 4.21. The van der Waals surface area contributed by atoms with Gasteiger partial charge in [-0.3, -0.25) is 0 Å². The van der Waals surface area contributed by atoms with Gasteiger partial charge in [0.2, 0.25) is 0 Å². The Kier molecular flexibility index (Phi) is 4.11. The van der Waals surface area contributed by atoms with Crippen molar-refractivity contribution in [2.24, 2.45) is 5.73 Å². The highest BCUT2D eigenvalue weighted by molar-refractivity contribution is 5.35. The number of hydrogen-bond acceptors (Lipinski definition) is 3. The fourth-order valence-corrected chi connectivity index (χ4v) is 1.65. The van der Waals surface area contributed by atoms with E-state index in [1.165, 1.54) is 11.1 Å². The van der Waals surface area contributed by atoms with Gasteiger partial charge < -0.3 is 11.1 Å². The van der Waals surface area contributed by atoms with E-state index in [4.69, 9.17) is 5.73 Å². The Bertz CT molecular complexity index is 437. The second-order valence-electron chi connectivity index (χ2n) is 3.92. The fraction of sp³-hybridized carbons (Fsp3) is 0.214.